The van der Waals surface area contributed by atoms with Crippen LogP contribution in [0.4, 0.5) is 13.2 Å². The van der Waals surface area contributed by atoms with Crippen molar-refractivity contribution in [2.24, 2.45) is 0 Å². The van der Waals surface area contributed by atoms with Crippen molar-refractivity contribution in [2.75, 3.05) is 0 Å². The van der Waals surface area contributed by atoms with E-state index in [1.807, 2.05) is 6.07 Å². The minimum atomic E-state index is -4.91. The van der Waals surface area contributed by atoms with Gasteiger partial charge in [-0.2, -0.15) is 5.26 Å². The Morgan fingerprint density at radius 1 is 1.00 bits per heavy atom. The molecule has 0 saturated carbocycles. The molecule has 2 rings (SSSR count). The Morgan fingerprint density at radius 3 is 2.18 bits per heavy atom. The average Bonchev–Trinajstić information content (AvgIpc) is 2.46. The van der Waals surface area contributed by atoms with Crippen LogP contribution in [0, 0.1) is 11.3 Å². The van der Waals surface area contributed by atoms with Crippen molar-refractivity contribution >= 4 is 9.84 Å². The Bertz CT molecular complexity index is 822. The minimum Gasteiger partial charge on any atom is -0.406 e. The monoisotopic (exact) mass is 327 g/mol. The molecule has 0 amide bonds. The van der Waals surface area contributed by atoms with Crippen molar-refractivity contribution in [1.82, 2.24) is 0 Å². The molecule has 0 spiro atoms. The van der Waals surface area contributed by atoms with E-state index < -0.39 is 21.9 Å². The maximum atomic E-state index is 12.3. The number of nitriles is 1. The summed E-state index contributed by atoms with van der Waals surface area (Å²) in [5.74, 6) is -0.623. The molecule has 0 heterocycles. The van der Waals surface area contributed by atoms with E-state index in [0.29, 0.717) is 0 Å². The molecule has 0 atom stereocenters. The molecular formula is C14H8F3NO3S. The third-order valence-electron chi connectivity index (χ3n) is 2.64. The topological polar surface area (TPSA) is 67.2 Å². The van der Waals surface area contributed by atoms with Gasteiger partial charge in [0, 0.05) is 0 Å². The van der Waals surface area contributed by atoms with Crippen LogP contribution in [0.1, 0.15) is 5.56 Å². The molecular weight excluding hydrogens is 319 g/mol. The highest BCUT2D eigenvalue weighted by Crippen LogP contribution is 2.27. The van der Waals surface area contributed by atoms with Gasteiger partial charge in [0.05, 0.1) is 21.4 Å². The summed E-state index contributed by atoms with van der Waals surface area (Å²) in [5, 5.41) is 8.67. The van der Waals surface area contributed by atoms with Crippen molar-refractivity contribution in [2.45, 2.75) is 16.2 Å². The third kappa shape index (κ3) is 3.56. The second-order valence-electron chi connectivity index (χ2n) is 4.16. The Hall–Kier alpha value is -2.53. The van der Waals surface area contributed by atoms with Crippen LogP contribution < -0.4 is 4.74 Å². The van der Waals surface area contributed by atoms with Gasteiger partial charge in [-0.1, -0.05) is 6.07 Å². The molecule has 0 aliphatic rings. The SMILES string of the molecule is N#Cc1ccc(S(=O)(=O)c2cccc(OC(F)(F)F)c2)cc1. The summed E-state index contributed by atoms with van der Waals surface area (Å²) in [7, 11) is -4.00. The third-order valence-corrected chi connectivity index (χ3v) is 4.41. The van der Waals surface area contributed by atoms with Crippen LogP contribution in [0.5, 0.6) is 5.75 Å². The summed E-state index contributed by atoms with van der Waals surface area (Å²) >= 11 is 0. The molecule has 0 N–H and O–H groups in total. The van der Waals surface area contributed by atoms with E-state index >= 15 is 0 Å². The first-order chi connectivity index (χ1) is 10.2. The highest BCUT2D eigenvalue weighted by Gasteiger charge is 2.31. The molecule has 0 unspecified atom stereocenters. The van der Waals surface area contributed by atoms with E-state index in [1.165, 1.54) is 24.3 Å². The number of rotatable bonds is 3. The van der Waals surface area contributed by atoms with Crippen LogP contribution in [0.25, 0.3) is 0 Å². The molecule has 2 aromatic carbocycles. The number of benzene rings is 2. The van der Waals surface area contributed by atoms with E-state index in [4.69, 9.17) is 5.26 Å². The molecule has 114 valence electrons. The van der Waals surface area contributed by atoms with E-state index in [9.17, 15) is 21.6 Å². The zero-order chi connectivity index (χ0) is 16.4. The van der Waals surface area contributed by atoms with Crippen LogP contribution in [-0.4, -0.2) is 14.8 Å². The molecule has 0 bridgehead atoms. The lowest BCUT2D eigenvalue weighted by Gasteiger charge is -2.10. The maximum Gasteiger partial charge on any atom is 0.573 e. The summed E-state index contributed by atoms with van der Waals surface area (Å²) in [6.07, 6.45) is -4.91. The van der Waals surface area contributed by atoms with Crippen molar-refractivity contribution in [3.8, 4) is 11.8 Å². The number of hydrogen-bond acceptors (Lipinski definition) is 4. The first-order valence-electron chi connectivity index (χ1n) is 5.83. The molecule has 2 aromatic rings. The summed E-state index contributed by atoms with van der Waals surface area (Å²) < 4.78 is 64.9. The molecule has 0 radical (unpaired) electrons. The largest absolute Gasteiger partial charge is 0.573 e. The van der Waals surface area contributed by atoms with E-state index in [-0.39, 0.29) is 15.4 Å². The van der Waals surface area contributed by atoms with E-state index in [0.717, 1.165) is 24.3 Å². The normalized spacial score (nSPS) is 11.7. The lowest BCUT2D eigenvalue weighted by Crippen LogP contribution is -2.17. The van der Waals surface area contributed by atoms with Gasteiger partial charge in [-0.15, -0.1) is 13.2 Å². The van der Waals surface area contributed by atoms with E-state index in [2.05, 4.69) is 4.74 Å². The van der Waals surface area contributed by atoms with Gasteiger partial charge in [0.25, 0.3) is 0 Å². The molecule has 0 aliphatic heterocycles. The second-order valence-corrected chi connectivity index (χ2v) is 6.11. The van der Waals surface area contributed by atoms with Crippen molar-refractivity contribution in [3.05, 3.63) is 54.1 Å². The average molecular weight is 327 g/mol. The molecule has 0 fully saturated rings. The van der Waals surface area contributed by atoms with Crippen molar-refractivity contribution in [1.29, 1.82) is 5.26 Å². The van der Waals surface area contributed by atoms with Gasteiger partial charge in [0.15, 0.2) is 0 Å². The highest BCUT2D eigenvalue weighted by molar-refractivity contribution is 7.91. The number of ether oxygens (including phenoxy) is 1. The molecule has 0 saturated heterocycles. The van der Waals surface area contributed by atoms with Gasteiger partial charge < -0.3 is 4.74 Å². The lowest BCUT2D eigenvalue weighted by molar-refractivity contribution is -0.274. The number of hydrogen-bond donors (Lipinski definition) is 0. The van der Waals surface area contributed by atoms with Gasteiger partial charge in [0.1, 0.15) is 5.75 Å². The molecule has 0 aromatic heterocycles. The first-order valence-corrected chi connectivity index (χ1v) is 7.32. The molecule has 22 heavy (non-hydrogen) atoms. The smallest absolute Gasteiger partial charge is 0.406 e. The second kappa shape index (κ2) is 5.69. The Morgan fingerprint density at radius 2 is 1.64 bits per heavy atom. The first kappa shape index (κ1) is 15.9. The predicted octanol–water partition coefficient (Wildman–Crippen LogP) is 3.29. The highest BCUT2D eigenvalue weighted by atomic mass is 32.2. The van der Waals surface area contributed by atoms with Gasteiger partial charge in [0.2, 0.25) is 9.84 Å². The summed E-state index contributed by atoms with van der Waals surface area (Å²) in [4.78, 5) is -0.463. The fourth-order valence-corrected chi connectivity index (χ4v) is 2.98. The standard InChI is InChI=1S/C14H8F3NO3S/c15-14(16,17)21-11-2-1-3-13(8-11)22(19,20)12-6-4-10(9-18)5-7-12/h1-8H. The van der Waals surface area contributed by atoms with Gasteiger partial charge in [-0.25, -0.2) is 8.42 Å². The minimum absolute atomic E-state index is 0.129. The molecule has 4 nitrogen and oxygen atoms in total. The van der Waals surface area contributed by atoms with E-state index in [1.54, 1.807) is 0 Å². The van der Waals surface area contributed by atoms with Crippen LogP contribution in [0.15, 0.2) is 58.3 Å². The zero-order valence-corrected chi connectivity index (χ0v) is 11.6. The van der Waals surface area contributed by atoms with Gasteiger partial charge in [-0.05, 0) is 42.5 Å². The quantitative estimate of drug-likeness (QED) is 0.867. The summed E-state index contributed by atoms with van der Waals surface area (Å²) in [6.45, 7) is 0. The Labute approximate surface area is 124 Å². The number of halogens is 3. The fourth-order valence-electron chi connectivity index (χ4n) is 1.68. The van der Waals surface area contributed by atoms with Crippen LogP contribution in [-0.2, 0) is 9.84 Å². The fraction of sp³-hybridized carbons (Fsp3) is 0.0714. The zero-order valence-electron chi connectivity index (χ0n) is 10.8. The van der Waals surface area contributed by atoms with Crippen LogP contribution in [0.2, 0.25) is 0 Å². The van der Waals surface area contributed by atoms with Gasteiger partial charge in [-0.3, -0.25) is 0 Å². The van der Waals surface area contributed by atoms with Crippen LogP contribution in [0.3, 0.4) is 0 Å². The van der Waals surface area contributed by atoms with Gasteiger partial charge >= 0.3 is 6.36 Å². The number of nitrogens with zero attached hydrogens (tertiary/aromatic N) is 1. The molecule has 8 heteroatoms. The summed E-state index contributed by atoms with van der Waals surface area (Å²) in [6, 6.07) is 11.0. The van der Waals surface area contributed by atoms with Crippen molar-refractivity contribution in [3.63, 3.8) is 0 Å². The Kier molecular flexibility index (Phi) is 4.10. The number of sulfone groups is 1. The molecule has 0 aliphatic carbocycles. The lowest BCUT2D eigenvalue weighted by atomic mass is 10.2. The maximum absolute atomic E-state index is 12.3. The predicted molar refractivity (Wildman–Crippen MR) is 69.7 cm³/mol. The number of alkyl halides is 3. The summed E-state index contributed by atoms with van der Waals surface area (Å²) in [5.41, 5.74) is 0.271. The Balaban J connectivity index is 2.41. The van der Waals surface area contributed by atoms with Crippen molar-refractivity contribution < 1.29 is 26.3 Å². The van der Waals surface area contributed by atoms with Crippen LogP contribution >= 0.6 is 0 Å².